The van der Waals surface area contributed by atoms with Crippen LogP contribution in [0.5, 0.6) is 0 Å². The zero-order chi connectivity index (χ0) is 22.8. The van der Waals surface area contributed by atoms with Crippen molar-refractivity contribution in [1.82, 2.24) is 4.90 Å². The minimum absolute atomic E-state index is 0.165. The van der Waals surface area contributed by atoms with Crippen LogP contribution in [-0.2, 0) is 16.1 Å². The van der Waals surface area contributed by atoms with Gasteiger partial charge in [-0.15, -0.1) is 0 Å². The number of hydrogen-bond acceptors (Lipinski definition) is 4. The molecule has 0 aliphatic carbocycles. The predicted octanol–water partition coefficient (Wildman–Crippen LogP) is 4.71. The van der Waals surface area contributed by atoms with Crippen molar-refractivity contribution in [3.8, 4) is 0 Å². The summed E-state index contributed by atoms with van der Waals surface area (Å²) in [5.74, 6) is 0.0620. The Morgan fingerprint density at radius 1 is 0.970 bits per heavy atom. The molecule has 0 unspecified atom stereocenters. The standard InChI is InChI=1S/C27H26N4O2/c28-20-11-14-23-22(16-20)25(27(33)30-23)26(19-6-2-1-3-7-19)29-21-12-9-18(10-13-21)17-31-15-5-4-8-24(31)32/h1-3,6-7,9-14,16,29H,4-5,8,15,17,28H2,(H,30,33). The molecule has 0 aromatic heterocycles. The van der Waals surface area contributed by atoms with Crippen LogP contribution in [0, 0.1) is 0 Å². The van der Waals surface area contributed by atoms with Crippen LogP contribution < -0.4 is 16.4 Å². The molecule has 166 valence electrons. The lowest BCUT2D eigenvalue weighted by molar-refractivity contribution is -0.133. The summed E-state index contributed by atoms with van der Waals surface area (Å²) in [5.41, 5.74) is 12.3. The first-order valence-corrected chi connectivity index (χ1v) is 11.2. The highest BCUT2D eigenvalue weighted by Crippen LogP contribution is 2.38. The maximum Gasteiger partial charge on any atom is 0.258 e. The van der Waals surface area contributed by atoms with Crippen LogP contribution in [0.25, 0.3) is 11.3 Å². The van der Waals surface area contributed by atoms with Crippen molar-refractivity contribution in [2.24, 2.45) is 0 Å². The predicted molar refractivity (Wildman–Crippen MR) is 132 cm³/mol. The van der Waals surface area contributed by atoms with Crippen LogP contribution in [-0.4, -0.2) is 23.3 Å². The van der Waals surface area contributed by atoms with Crippen LogP contribution >= 0.6 is 0 Å². The molecule has 2 amide bonds. The number of nitrogens with zero attached hydrogens (tertiary/aromatic N) is 1. The molecule has 2 aliphatic rings. The van der Waals surface area contributed by atoms with Gasteiger partial charge in [0, 0.05) is 42.1 Å². The molecule has 4 N–H and O–H groups in total. The maximum atomic E-state index is 13.0. The molecule has 2 aliphatic heterocycles. The number of nitrogen functional groups attached to an aromatic ring is 1. The molecule has 1 fully saturated rings. The van der Waals surface area contributed by atoms with Gasteiger partial charge in [-0.3, -0.25) is 9.59 Å². The number of carbonyl (C=O) groups is 2. The Labute approximate surface area is 193 Å². The molecule has 6 nitrogen and oxygen atoms in total. The van der Waals surface area contributed by atoms with Gasteiger partial charge in [-0.1, -0.05) is 42.5 Å². The molecule has 1 saturated heterocycles. The Hall–Kier alpha value is -4.06. The summed E-state index contributed by atoms with van der Waals surface area (Å²) in [5, 5.41) is 6.40. The molecule has 5 rings (SSSR count). The Bertz CT molecular complexity index is 1230. The number of fused-ring (bicyclic) bond motifs is 1. The summed E-state index contributed by atoms with van der Waals surface area (Å²) >= 11 is 0. The highest BCUT2D eigenvalue weighted by atomic mass is 16.2. The van der Waals surface area contributed by atoms with Crippen LogP contribution in [0.1, 0.15) is 36.0 Å². The molecular weight excluding hydrogens is 412 g/mol. The number of benzene rings is 3. The van der Waals surface area contributed by atoms with Gasteiger partial charge in [0.05, 0.1) is 11.3 Å². The van der Waals surface area contributed by atoms with Gasteiger partial charge >= 0.3 is 0 Å². The largest absolute Gasteiger partial charge is 0.399 e. The van der Waals surface area contributed by atoms with Gasteiger partial charge in [0.1, 0.15) is 0 Å². The molecule has 0 saturated carbocycles. The second-order valence-electron chi connectivity index (χ2n) is 8.47. The highest BCUT2D eigenvalue weighted by molar-refractivity contribution is 6.37. The molecule has 3 aromatic carbocycles. The van der Waals surface area contributed by atoms with Gasteiger partial charge < -0.3 is 21.3 Å². The van der Waals surface area contributed by atoms with Crippen molar-refractivity contribution >= 4 is 40.1 Å². The maximum absolute atomic E-state index is 13.0. The number of rotatable bonds is 5. The van der Waals surface area contributed by atoms with E-state index in [9.17, 15) is 9.59 Å². The van der Waals surface area contributed by atoms with E-state index in [1.807, 2.05) is 71.6 Å². The smallest absolute Gasteiger partial charge is 0.258 e. The van der Waals surface area contributed by atoms with Gasteiger partial charge in [-0.25, -0.2) is 0 Å². The quantitative estimate of drug-likeness (QED) is 0.398. The van der Waals surface area contributed by atoms with Crippen LogP contribution in [0.15, 0.2) is 72.8 Å². The number of likely N-dealkylation sites (tertiary alicyclic amines) is 1. The number of carbonyl (C=O) groups excluding carboxylic acids is 2. The number of piperidine rings is 1. The second kappa shape index (κ2) is 8.82. The van der Waals surface area contributed by atoms with Crippen LogP contribution in [0.4, 0.5) is 17.1 Å². The molecule has 0 atom stereocenters. The zero-order valence-electron chi connectivity index (χ0n) is 18.3. The first-order valence-electron chi connectivity index (χ1n) is 11.2. The fourth-order valence-corrected chi connectivity index (χ4v) is 4.40. The summed E-state index contributed by atoms with van der Waals surface area (Å²) in [6, 6.07) is 23.3. The summed E-state index contributed by atoms with van der Waals surface area (Å²) < 4.78 is 0. The lowest BCUT2D eigenvalue weighted by atomic mass is 9.99. The summed E-state index contributed by atoms with van der Waals surface area (Å²) in [6.07, 6.45) is 2.69. The third-order valence-corrected chi connectivity index (χ3v) is 6.12. The first-order chi connectivity index (χ1) is 16.1. The average Bonchev–Trinajstić information content (AvgIpc) is 3.15. The number of amides is 2. The first kappa shape index (κ1) is 20.8. The number of nitrogens with two attached hydrogens (primary N) is 1. The van der Waals surface area contributed by atoms with Crippen molar-refractivity contribution in [2.45, 2.75) is 25.8 Å². The van der Waals surface area contributed by atoms with E-state index in [4.69, 9.17) is 5.73 Å². The van der Waals surface area contributed by atoms with Gasteiger partial charge in [-0.05, 0) is 54.3 Å². The van der Waals surface area contributed by atoms with E-state index >= 15 is 0 Å². The van der Waals surface area contributed by atoms with Gasteiger partial charge in [-0.2, -0.15) is 0 Å². The minimum Gasteiger partial charge on any atom is -0.399 e. The van der Waals surface area contributed by atoms with Gasteiger partial charge in [0.25, 0.3) is 5.91 Å². The third kappa shape index (κ3) is 4.32. The number of hydrogen-bond donors (Lipinski definition) is 3. The van der Waals surface area contributed by atoms with E-state index in [0.29, 0.717) is 24.2 Å². The van der Waals surface area contributed by atoms with E-state index < -0.39 is 0 Å². The van der Waals surface area contributed by atoms with Crippen molar-refractivity contribution in [3.05, 3.63) is 89.5 Å². The number of nitrogens with one attached hydrogen (secondary N) is 2. The normalized spacial score (nSPS) is 16.9. The number of anilines is 3. The second-order valence-corrected chi connectivity index (χ2v) is 8.47. The van der Waals surface area contributed by atoms with E-state index in [2.05, 4.69) is 10.6 Å². The van der Waals surface area contributed by atoms with Gasteiger partial charge in [0.2, 0.25) is 5.91 Å². The molecule has 0 radical (unpaired) electrons. The van der Waals surface area contributed by atoms with Crippen molar-refractivity contribution in [3.63, 3.8) is 0 Å². The molecule has 0 spiro atoms. The fraction of sp³-hybridized carbons (Fsp3) is 0.185. The molecule has 3 aromatic rings. The SMILES string of the molecule is Nc1ccc2c(c1)C(=C(Nc1ccc(CN3CCCCC3=O)cc1)c1ccccc1)C(=O)N2. The summed E-state index contributed by atoms with van der Waals surface area (Å²) in [6.45, 7) is 1.45. The molecule has 33 heavy (non-hydrogen) atoms. The molecular formula is C27H26N4O2. The monoisotopic (exact) mass is 438 g/mol. The average molecular weight is 439 g/mol. The summed E-state index contributed by atoms with van der Waals surface area (Å²) in [7, 11) is 0. The van der Waals surface area contributed by atoms with E-state index in [0.717, 1.165) is 53.1 Å². The Balaban J connectivity index is 1.47. The Kier molecular flexibility index (Phi) is 5.57. The Morgan fingerprint density at radius 3 is 2.52 bits per heavy atom. The van der Waals surface area contributed by atoms with Gasteiger partial charge in [0.15, 0.2) is 0 Å². The van der Waals surface area contributed by atoms with E-state index in [-0.39, 0.29) is 11.8 Å². The molecule has 2 heterocycles. The van der Waals surface area contributed by atoms with Crippen molar-refractivity contribution in [1.29, 1.82) is 0 Å². The van der Waals surface area contributed by atoms with Crippen molar-refractivity contribution < 1.29 is 9.59 Å². The zero-order valence-corrected chi connectivity index (χ0v) is 18.3. The third-order valence-electron chi connectivity index (χ3n) is 6.12. The minimum atomic E-state index is -0.165. The Morgan fingerprint density at radius 2 is 1.76 bits per heavy atom. The van der Waals surface area contributed by atoms with E-state index in [1.54, 1.807) is 6.07 Å². The molecule has 6 heteroatoms. The summed E-state index contributed by atoms with van der Waals surface area (Å²) in [4.78, 5) is 27.0. The van der Waals surface area contributed by atoms with E-state index in [1.165, 1.54) is 0 Å². The highest BCUT2D eigenvalue weighted by Gasteiger charge is 2.28. The van der Waals surface area contributed by atoms with Crippen molar-refractivity contribution in [2.75, 3.05) is 22.9 Å². The fourth-order valence-electron chi connectivity index (χ4n) is 4.40. The molecule has 0 bridgehead atoms. The lowest BCUT2D eigenvalue weighted by Crippen LogP contribution is -2.34. The lowest BCUT2D eigenvalue weighted by Gasteiger charge is -2.26. The van der Waals surface area contributed by atoms with Crippen LogP contribution in [0.3, 0.4) is 0 Å². The topological polar surface area (TPSA) is 87.5 Å². The van der Waals surface area contributed by atoms with Crippen LogP contribution in [0.2, 0.25) is 0 Å².